The maximum atomic E-state index is 13.1. The van der Waals surface area contributed by atoms with Crippen molar-refractivity contribution in [2.45, 2.75) is 62.3 Å². The second-order valence-electron chi connectivity index (χ2n) is 10.3. The van der Waals surface area contributed by atoms with Crippen LogP contribution in [0.5, 0.6) is 0 Å². The van der Waals surface area contributed by atoms with Crippen molar-refractivity contribution in [2.75, 3.05) is 19.6 Å². The number of nitrogens with two attached hydrogens (primary N) is 1. The molecule has 1 unspecified atom stereocenters. The lowest BCUT2D eigenvalue weighted by Gasteiger charge is -2.47. The Kier molecular flexibility index (Phi) is 7.15. The molecule has 0 radical (unpaired) electrons. The Hall–Kier alpha value is -3.08. The van der Waals surface area contributed by atoms with Gasteiger partial charge in [0.25, 0.3) is 0 Å². The summed E-state index contributed by atoms with van der Waals surface area (Å²) in [5.74, 6) is -2.83. The number of tetrazole rings is 1. The summed E-state index contributed by atoms with van der Waals surface area (Å²) in [6, 6.07) is -1.82. The van der Waals surface area contributed by atoms with Crippen LogP contribution < -0.4 is 16.4 Å². The van der Waals surface area contributed by atoms with Crippen molar-refractivity contribution >= 4 is 35.5 Å². The zero-order chi connectivity index (χ0) is 27.3. The number of β-lactam (4-membered cyclic amide) rings is 1. The first kappa shape index (κ1) is 26.5. The second-order valence-corrected chi connectivity index (χ2v) is 11.6. The molecule has 3 fully saturated rings. The monoisotopic (exact) mass is 549 g/mol. The number of nitrogens with zero attached hydrogens (tertiary/aromatic N) is 6. The minimum atomic E-state index is -1.18. The summed E-state index contributed by atoms with van der Waals surface area (Å²) in [6.07, 6.45) is 1.06. The SMILES string of the molecule is C[C@@H](NC(=O)Cn1cnnn1)[C@H]1C(=O)N2C(C(=O)O)=C(SC3CN[C@H](C(=O)N4C[C@@H](N)[C@@H](O)C4)C3)[C@H](C)[C@H]12. The quantitative estimate of drug-likeness (QED) is 0.205. The van der Waals surface area contributed by atoms with Crippen molar-refractivity contribution in [3.63, 3.8) is 0 Å². The van der Waals surface area contributed by atoms with Gasteiger partial charge in [-0.1, -0.05) is 6.92 Å². The number of carbonyl (C=O) groups excluding carboxylic acids is 3. The molecule has 0 saturated carbocycles. The third-order valence-corrected chi connectivity index (χ3v) is 9.25. The number of hydrogen-bond donors (Lipinski definition) is 5. The summed E-state index contributed by atoms with van der Waals surface area (Å²) in [5.41, 5.74) is 5.81. The molecule has 0 aromatic carbocycles. The van der Waals surface area contributed by atoms with E-state index in [-0.39, 0.29) is 53.7 Å². The summed E-state index contributed by atoms with van der Waals surface area (Å²) in [5, 5.41) is 36.5. The van der Waals surface area contributed by atoms with Gasteiger partial charge in [-0.2, -0.15) is 0 Å². The van der Waals surface area contributed by atoms with E-state index in [0.29, 0.717) is 24.4 Å². The predicted octanol–water partition coefficient (Wildman–Crippen LogP) is -3.06. The Balaban J connectivity index is 1.23. The Labute approximate surface area is 222 Å². The lowest BCUT2D eigenvalue weighted by Crippen LogP contribution is -2.66. The van der Waals surface area contributed by atoms with E-state index in [1.165, 1.54) is 27.7 Å². The summed E-state index contributed by atoms with van der Waals surface area (Å²) < 4.78 is 1.27. The molecule has 3 amide bonds. The highest BCUT2D eigenvalue weighted by atomic mass is 32.2. The zero-order valence-corrected chi connectivity index (χ0v) is 21.7. The number of aliphatic carboxylic acids is 1. The summed E-state index contributed by atoms with van der Waals surface area (Å²) in [6.45, 7) is 4.52. The van der Waals surface area contributed by atoms with Crippen LogP contribution in [0.15, 0.2) is 16.9 Å². The minimum Gasteiger partial charge on any atom is -0.477 e. The van der Waals surface area contributed by atoms with Crippen LogP contribution in [0.1, 0.15) is 20.3 Å². The van der Waals surface area contributed by atoms with Crippen LogP contribution >= 0.6 is 11.8 Å². The van der Waals surface area contributed by atoms with Crippen LogP contribution in [0.2, 0.25) is 0 Å². The Morgan fingerprint density at radius 1 is 1.34 bits per heavy atom. The molecule has 15 nitrogen and oxygen atoms in total. The minimum absolute atomic E-state index is 0.0237. The van der Waals surface area contributed by atoms with Gasteiger partial charge in [-0.25, -0.2) is 9.48 Å². The number of fused-ring (bicyclic) bond motifs is 1. The molecule has 38 heavy (non-hydrogen) atoms. The van der Waals surface area contributed by atoms with Gasteiger partial charge in [0, 0.05) is 47.8 Å². The highest BCUT2D eigenvalue weighted by Gasteiger charge is 2.60. The van der Waals surface area contributed by atoms with Gasteiger partial charge in [0.1, 0.15) is 18.6 Å². The highest BCUT2D eigenvalue weighted by molar-refractivity contribution is 8.03. The van der Waals surface area contributed by atoms with Gasteiger partial charge in [0.15, 0.2) is 0 Å². The molecule has 4 aliphatic heterocycles. The van der Waals surface area contributed by atoms with E-state index >= 15 is 0 Å². The Bertz CT molecular complexity index is 1150. The van der Waals surface area contributed by atoms with Crippen molar-refractivity contribution in [1.82, 2.24) is 40.6 Å². The molecule has 5 heterocycles. The molecule has 1 aromatic heterocycles. The molecular formula is C22H31N9O6S. The van der Waals surface area contributed by atoms with Gasteiger partial charge >= 0.3 is 5.97 Å². The summed E-state index contributed by atoms with van der Waals surface area (Å²) >= 11 is 1.39. The first-order valence-corrected chi connectivity index (χ1v) is 13.4. The van der Waals surface area contributed by atoms with Crippen molar-refractivity contribution in [2.24, 2.45) is 17.6 Å². The largest absolute Gasteiger partial charge is 0.477 e. The van der Waals surface area contributed by atoms with Crippen LogP contribution in [-0.4, -0.2) is 119 Å². The van der Waals surface area contributed by atoms with Crippen LogP contribution in [0.3, 0.4) is 0 Å². The lowest BCUT2D eigenvalue weighted by molar-refractivity contribution is -0.158. The number of amides is 3. The fourth-order valence-electron chi connectivity index (χ4n) is 5.86. The number of carbonyl (C=O) groups is 4. The highest BCUT2D eigenvalue weighted by Crippen LogP contribution is 2.51. The molecule has 8 atom stereocenters. The number of carboxylic acids is 1. The van der Waals surface area contributed by atoms with E-state index in [0.717, 1.165) is 0 Å². The molecule has 3 saturated heterocycles. The van der Waals surface area contributed by atoms with Gasteiger partial charge in [0.2, 0.25) is 17.7 Å². The lowest BCUT2D eigenvalue weighted by atomic mass is 9.78. The van der Waals surface area contributed by atoms with Gasteiger partial charge in [-0.3, -0.25) is 14.4 Å². The van der Waals surface area contributed by atoms with Gasteiger partial charge in [-0.15, -0.1) is 16.9 Å². The molecular weight excluding hydrogens is 518 g/mol. The maximum Gasteiger partial charge on any atom is 0.353 e. The number of aliphatic hydroxyl groups is 1. The van der Waals surface area contributed by atoms with Crippen LogP contribution in [0, 0.1) is 11.8 Å². The van der Waals surface area contributed by atoms with Gasteiger partial charge in [0.05, 0.1) is 24.1 Å². The van der Waals surface area contributed by atoms with Crippen molar-refractivity contribution in [1.29, 1.82) is 0 Å². The standard InChI is InChI=1S/C22H31N9O6S/c1-9-17-16(10(2)26-15(33)7-30-8-25-27-28-30)21(35)31(17)18(22(36)37)19(9)38-11-3-13(24-4-11)20(34)29-5-12(23)14(32)6-29/h8-14,16-17,24,32H,3-7,23H2,1-2H3,(H,26,33)(H,36,37)/t9-,10-,11?,12-,13+,14+,16-,17-/m1/s1. The number of hydrogen-bond acceptors (Lipinski definition) is 11. The topological polar surface area (TPSA) is 209 Å². The molecule has 4 aliphatic rings. The number of aromatic nitrogens is 4. The number of rotatable bonds is 8. The van der Waals surface area contributed by atoms with Crippen LogP contribution in [0.4, 0.5) is 0 Å². The molecule has 206 valence electrons. The third-order valence-electron chi connectivity index (χ3n) is 7.74. The first-order chi connectivity index (χ1) is 18.1. The maximum absolute atomic E-state index is 13.1. The van der Waals surface area contributed by atoms with E-state index in [2.05, 4.69) is 26.2 Å². The van der Waals surface area contributed by atoms with Crippen molar-refractivity contribution in [3.8, 4) is 0 Å². The van der Waals surface area contributed by atoms with Gasteiger partial charge < -0.3 is 36.4 Å². The number of nitrogens with one attached hydrogen (secondary N) is 2. The predicted molar refractivity (Wildman–Crippen MR) is 132 cm³/mol. The number of carboxylic acid groups (broad SMARTS) is 1. The molecule has 5 rings (SSSR count). The first-order valence-electron chi connectivity index (χ1n) is 12.5. The molecule has 1 aromatic rings. The van der Waals surface area contributed by atoms with E-state index in [9.17, 15) is 29.4 Å². The zero-order valence-electron chi connectivity index (χ0n) is 20.9. The molecule has 0 bridgehead atoms. The average molecular weight is 550 g/mol. The summed E-state index contributed by atoms with van der Waals surface area (Å²) in [7, 11) is 0. The average Bonchev–Trinajstić information content (AvgIpc) is 3.63. The van der Waals surface area contributed by atoms with Crippen molar-refractivity contribution < 1.29 is 29.4 Å². The number of likely N-dealkylation sites (tertiary alicyclic amines) is 1. The van der Waals surface area contributed by atoms with E-state index in [1.54, 1.807) is 11.8 Å². The van der Waals surface area contributed by atoms with Crippen LogP contribution in [-0.2, 0) is 25.7 Å². The number of thioether (sulfide) groups is 1. The number of β-amino-alcohol motifs (C(OH)–C–C–N with tert-alkyl or cyclic N) is 1. The normalized spacial score (nSPS) is 33.4. The fraction of sp³-hybridized carbons (Fsp3) is 0.682. The Morgan fingerprint density at radius 2 is 2.11 bits per heavy atom. The third kappa shape index (κ3) is 4.65. The van der Waals surface area contributed by atoms with Crippen LogP contribution in [0.25, 0.3) is 0 Å². The smallest absolute Gasteiger partial charge is 0.353 e. The van der Waals surface area contributed by atoms with E-state index in [4.69, 9.17) is 5.73 Å². The molecule has 0 aliphatic carbocycles. The Morgan fingerprint density at radius 3 is 2.74 bits per heavy atom. The molecule has 0 spiro atoms. The fourth-order valence-corrected chi connectivity index (χ4v) is 7.34. The van der Waals surface area contributed by atoms with Gasteiger partial charge in [-0.05, 0) is 23.8 Å². The van der Waals surface area contributed by atoms with E-state index in [1.807, 2.05) is 6.92 Å². The summed E-state index contributed by atoms with van der Waals surface area (Å²) in [4.78, 5) is 54.2. The molecule has 6 N–H and O–H groups in total. The second kappa shape index (κ2) is 10.2. The van der Waals surface area contributed by atoms with E-state index < -0.39 is 36.1 Å². The number of aliphatic hydroxyl groups excluding tert-OH is 1. The van der Waals surface area contributed by atoms with Crippen molar-refractivity contribution in [3.05, 3.63) is 16.9 Å². The molecule has 16 heteroatoms.